The van der Waals surface area contributed by atoms with Crippen LogP contribution in [0.5, 0.6) is 0 Å². The predicted octanol–water partition coefficient (Wildman–Crippen LogP) is 3.21. The van der Waals surface area contributed by atoms with Crippen molar-refractivity contribution in [3.8, 4) is 0 Å². The minimum absolute atomic E-state index is 0.112. The quantitative estimate of drug-likeness (QED) is 0.943. The lowest BCUT2D eigenvalue weighted by Gasteiger charge is -2.13. The number of hydrogen-bond donors (Lipinski definition) is 1. The number of carboxylic acid groups (broad SMARTS) is 1. The van der Waals surface area contributed by atoms with Crippen molar-refractivity contribution >= 4 is 40.1 Å². The average molecular weight is 301 g/mol. The Bertz CT molecular complexity index is 635. The molecule has 0 fully saturated rings. The van der Waals surface area contributed by atoms with Gasteiger partial charge in [0.15, 0.2) is 0 Å². The summed E-state index contributed by atoms with van der Waals surface area (Å²) in [7, 11) is 3.87. The molecule has 2 aromatic rings. The fourth-order valence-electron chi connectivity index (χ4n) is 2.03. The third-order valence-electron chi connectivity index (χ3n) is 2.94. The highest BCUT2D eigenvalue weighted by Crippen LogP contribution is 2.32. The van der Waals surface area contributed by atoms with Gasteiger partial charge in [-0.1, -0.05) is 23.2 Å². The Morgan fingerprint density at radius 1 is 1.37 bits per heavy atom. The van der Waals surface area contributed by atoms with Crippen LogP contribution in [-0.4, -0.2) is 41.2 Å². The summed E-state index contributed by atoms with van der Waals surface area (Å²) in [6.45, 7) is 1.28. The van der Waals surface area contributed by atoms with Crippen molar-refractivity contribution in [3.63, 3.8) is 0 Å². The number of hydrogen-bond acceptors (Lipinski definition) is 2. The van der Waals surface area contributed by atoms with Gasteiger partial charge < -0.3 is 14.6 Å². The normalized spacial score (nSPS) is 11.4. The first-order valence-electron chi connectivity index (χ1n) is 5.77. The molecule has 1 aromatic heterocycles. The van der Waals surface area contributed by atoms with Crippen LogP contribution in [0.25, 0.3) is 10.9 Å². The number of fused-ring (bicyclic) bond motifs is 1. The summed E-state index contributed by atoms with van der Waals surface area (Å²) in [6, 6.07) is 5.22. The highest BCUT2D eigenvalue weighted by atomic mass is 35.5. The molecule has 0 aliphatic carbocycles. The van der Waals surface area contributed by atoms with Gasteiger partial charge in [0.25, 0.3) is 0 Å². The Kier molecular flexibility index (Phi) is 4.04. The molecule has 0 unspecified atom stereocenters. The number of carboxylic acids is 1. The zero-order valence-corrected chi connectivity index (χ0v) is 12.2. The Labute approximate surface area is 121 Å². The lowest BCUT2D eigenvalue weighted by molar-refractivity contribution is 0.0685. The van der Waals surface area contributed by atoms with Crippen LogP contribution in [0.1, 0.15) is 10.5 Å². The Morgan fingerprint density at radius 2 is 2.05 bits per heavy atom. The molecule has 0 amide bonds. The number of nitrogens with zero attached hydrogens (tertiary/aromatic N) is 2. The maximum Gasteiger partial charge on any atom is 0.354 e. The van der Waals surface area contributed by atoms with Crippen molar-refractivity contribution in [3.05, 3.63) is 33.9 Å². The molecule has 102 valence electrons. The van der Waals surface area contributed by atoms with Gasteiger partial charge in [0.05, 0.1) is 10.5 Å². The number of aromatic nitrogens is 1. The molecule has 0 aliphatic heterocycles. The second-order valence-electron chi connectivity index (χ2n) is 4.58. The van der Waals surface area contributed by atoms with Gasteiger partial charge in [-0.3, -0.25) is 0 Å². The lowest BCUT2D eigenvalue weighted by atomic mass is 10.2. The van der Waals surface area contributed by atoms with E-state index in [9.17, 15) is 9.90 Å². The minimum atomic E-state index is -1.03. The van der Waals surface area contributed by atoms with E-state index in [0.29, 0.717) is 17.0 Å². The predicted molar refractivity (Wildman–Crippen MR) is 77.5 cm³/mol. The van der Waals surface area contributed by atoms with Gasteiger partial charge in [-0.25, -0.2) is 4.79 Å². The SMILES string of the molecule is CN(C)CCn1c(C(=O)O)c(Cl)c2cc(Cl)ccc21. The van der Waals surface area contributed by atoms with Gasteiger partial charge in [0.1, 0.15) is 5.69 Å². The molecule has 1 aromatic carbocycles. The maximum atomic E-state index is 11.4. The van der Waals surface area contributed by atoms with Crippen molar-refractivity contribution in [1.29, 1.82) is 0 Å². The van der Waals surface area contributed by atoms with Gasteiger partial charge in [-0.05, 0) is 32.3 Å². The second kappa shape index (κ2) is 5.41. The van der Waals surface area contributed by atoms with E-state index >= 15 is 0 Å². The standard InChI is InChI=1S/C13H14Cl2N2O2/c1-16(2)5-6-17-10-4-3-8(14)7-9(10)11(15)12(17)13(18)19/h3-4,7H,5-6H2,1-2H3,(H,18,19). The van der Waals surface area contributed by atoms with Crippen molar-refractivity contribution < 1.29 is 9.90 Å². The van der Waals surface area contributed by atoms with E-state index in [-0.39, 0.29) is 10.7 Å². The van der Waals surface area contributed by atoms with Crippen LogP contribution in [0, 0.1) is 0 Å². The van der Waals surface area contributed by atoms with E-state index in [4.69, 9.17) is 23.2 Å². The summed E-state index contributed by atoms with van der Waals surface area (Å²) < 4.78 is 1.72. The zero-order valence-electron chi connectivity index (χ0n) is 10.7. The summed E-state index contributed by atoms with van der Waals surface area (Å²) in [5, 5.41) is 10.8. The number of halogens is 2. The number of rotatable bonds is 4. The molecule has 0 radical (unpaired) electrons. The fourth-order valence-corrected chi connectivity index (χ4v) is 2.53. The number of likely N-dealkylation sites (N-methyl/N-ethyl adjacent to an activating group) is 1. The zero-order chi connectivity index (χ0) is 14.2. The van der Waals surface area contributed by atoms with Crippen molar-refractivity contribution in [2.75, 3.05) is 20.6 Å². The molecule has 0 aliphatic rings. The monoisotopic (exact) mass is 300 g/mol. The number of carbonyl (C=O) groups is 1. The molecular weight excluding hydrogens is 287 g/mol. The fraction of sp³-hybridized carbons (Fsp3) is 0.308. The molecule has 2 rings (SSSR count). The van der Waals surface area contributed by atoms with Gasteiger partial charge in [0.2, 0.25) is 0 Å². The Hall–Kier alpha value is -1.23. The summed E-state index contributed by atoms with van der Waals surface area (Å²) in [5.74, 6) is -1.03. The largest absolute Gasteiger partial charge is 0.477 e. The van der Waals surface area contributed by atoms with Crippen LogP contribution in [0.2, 0.25) is 10.0 Å². The second-order valence-corrected chi connectivity index (χ2v) is 5.40. The summed E-state index contributed by atoms with van der Waals surface area (Å²) in [6.07, 6.45) is 0. The van der Waals surface area contributed by atoms with Crippen LogP contribution < -0.4 is 0 Å². The smallest absolute Gasteiger partial charge is 0.354 e. The van der Waals surface area contributed by atoms with Crippen LogP contribution in [0.15, 0.2) is 18.2 Å². The summed E-state index contributed by atoms with van der Waals surface area (Å²) >= 11 is 12.1. The van der Waals surface area contributed by atoms with E-state index < -0.39 is 5.97 Å². The molecule has 0 bridgehead atoms. The van der Waals surface area contributed by atoms with Gasteiger partial charge in [0, 0.05) is 23.5 Å². The average Bonchev–Trinajstić information content (AvgIpc) is 2.59. The van der Waals surface area contributed by atoms with Gasteiger partial charge in [-0.15, -0.1) is 0 Å². The third kappa shape index (κ3) is 2.71. The molecule has 0 spiro atoms. The number of benzene rings is 1. The van der Waals surface area contributed by atoms with E-state index in [1.54, 1.807) is 22.8 Å². The summed E-state index contributed by atoms with van der Waals surface area (Å²) in [5.41, 5.74) is 0.898. The van der Waals surface area contributed by atoms with E-state index in [2.05, 4.69) is 0 Å². The summed E-state index contributed by atoms with van der Waals surface area (Å²) in [4.78, 5) is 13.4. The van der Waals surface area contributed by atoms with Crippen LogP contribution in [0.4, 0.5) is 0 Å². The van der Waals surface area contributed by atoms with Crippen molar-refractivity contribution in [2.45, 2.75) is 6.54 Å². The first kappa shape index (κ1) is 14.2. The van der Waals surface area contributed by atoms with E-state index in [1.807, 2.05) is 19.0 Å². The molecule has 4 nitrogen and oxygen atoms in total. The number of aromatic carboxylic acids is 1. The Balaban J connectivity index is 2.64. The van der Waals surface area contributed by atoms with Crippen molar-refractivity contribution in [1.82, 2.24) is 9.47 Å². The molecule has 1 N–H and O–H groups in total. The molecule has 0 saturated carbocycles. The lowest BCUT2D eigenvalue weighted by Crippen LogP contribution is -2.20. The van der Waals surface area contributed by atoms with Crippen LogP contribution >= 0.6 is 23.2 Å². The topological polar surface area (TPSA) is 45.5 Å². The molecule has 19 heavy (non-hydrogen) atoms. The van der Waals surface area contributed by atoms with Gasteiger partial charge >= 0.3 is 5.97 Å². The van der Waals surface area contributed by atoms with Crippen molar-refractivity contribution in [2.24, 2.45) is 0 Å². The third-order valence-corrected chi connectivity index (χ3v) is 3.55. The first-order valence-corrected chi connectivity index (χ1v) is 6.52. The molecule has 1 heterocycles. The Morgan fingerprint density at radius 3 is 2.63 bits per heavy atom. The van der Waals surface area contributed by atoms with E-state index in [1.165, 1.54) is 0 Å². The van der Waals surface area contributed by atoms with Crippen LogP contribution in [0.3, 0.4) is 0 Å². The first-order chi connectivity index (χ1) is 8.91. The van der Waals surface area contributed by atoms with Gasteiger partial charge in [-0.2, -0.15) is 0 Å². The molecule has 0 saturated heterocycles. The molecule has 0 atom stereocenters. The minimum Gasteiger partial charge on any atom is -0.477 e. The van der Waals surface area contributed by atoms with Crippen LogP contribution in [-0.2, 0) is 6.54 Å². The molecular formula is C13H14Cl2N2O2. The highest BCUT2D eigenvalue weighted by molar-refractivity contribution is 6.39. The highest BCUT2D eigenvalue weighted by Gasteiger charge is 2.21. The molecule has 6 heteroatoms. The van der Waals surface area contributed by atoms with E-state index in [0.717, 1.165) is 12.1 Å². The maximum absolute atomic E-state index is 11.4.